The Bertz CT molecular complexity index is 980. The van der Waals surface area contributed by atoms with E-state index in [1.165, 1.54) is 11.4 Å². The molecule has 1 aliphatic heterocycles. The van der Waals surface area contributed by atoms with Crippen LogP contribution in [0.1, 0.15) is 38.2 Å². The summed E-state index contributed by atoms with van der Waals surface area (Å²) in [6, 6.07) is 8.56. The average Bonchev–Trinajstić information content (AvgIpc) is 3.08. The minimum atomic E-state index is -3.68. The van der Waals surface area contributed by atoms with Crippen molar-refractivity contribution >= 4 is 16.0 Å². The van der Waals surface area contributed by atoms with Gasteiger partial charge in [-0.3, -0.25) is 0 Å². The molecule has 2 aromatic rings. The van der Waals surface area contributed by atoms with E-state index in [2.05, 4.69) is 0 Å². The number of ether oxygens (including phenoxy) is 1. The highest BCUT2D eigenvalue weighted by molar-refractivity contribution is 7.89. The Morgan fingerprint density at radius 1 is 1.15 bits per heavy atom. The van der Waals surface area contributed by atoms with Crippen LogP contribution in [0.2, 0.25) is 0 Å². The molecule has 0 bridgehead atoms. The van der Waals surface area contributed by atoms with Gasteiger partial charge in [-0.15, -0.1) is 0 Å². The zero-order chi connectivity index (χ0) is 19.8. The first kappa shape index (κ1) is 19.5. The summed E-state index contributed by atoms with van der Waals surface area (Å²) in [7, 11) is -2.38. The van der Waals surface area contributed by atoms with Gasteiger partial charge in [-0.2, -0.15) is 4.31 Å². The molecule has 0 saturated heterocycles. The molecule has 0 fully saturated rings. The number of hydrogen-bond donors (Lipinski definition) is 1. The highest BCUT2D eigenvalue weighted by atomic mass is 32.2. The van der Waals surface area contributed by atoms with Crippen molar-refractivity contribution in [2.45, 2.75) is 38.3 Å². The highest BCUT2D eigenvalue weighted by Crippen LogP contribution is 2.35. The van der Waals surface area contributed by atoms with E-state index in [0.29, 0.717) is 23.1 Å². The first-order chi connectivity index (χ1) is 12.8. The summed E-state index contributed by atoms with van der Waals surface area (Å²) in [6.45, 7) is 4.00. The lowest BCUT2D eigenvalue weighted by molar-refractivity contribution is 0.0597. The largest absolute Gasteiger partial charge is 0.465 e. The van der Waals surface area contributed by atoms with Gasteiger partial charge in [0.1, 0.15) is 0 Å². The SMILES string of the molecule is COC(=O)c1c(CCO)cc(C)c2c1CN(S(=O)(=O)c1ccc(C)cc1)C2. The second-order valence-corrected chi connectivity index (χ2v) is 8.67. The number of fused-ring (bicyclic) bond motifs is 1. The van der Waals surface area contributed by atoms with Crippen molar-refractivity contribution in [1.82, 2.24) is 4.31 Å². The van der Waals surface area contributed by atoms with Crippen LogP contribution >= 0.6 is 0 Å². The van der Waals surface area contributed by atoms with Crippen molar-refractivity contribution < 1.29 is 23.1 Å². The Hall–Kier alpha value is -2.22. The number of carbonyl (C=O) groups is 1. The number of benzene rings is 2. The molecule has 1 N–H and O–H groups in total. The lowest BCUT2D eigenvalue weighted by Gasteiger charge is -2.16. The van der Waals surface area contributed by atoms with Crippen LogP contribution < -0.4 is 0 Å². The van der Waals surface area contributed by atoms with Gasteiger partial charge in [0.25, 0.3) is 0 Å². The number of esters is 1. The van der Waals surface area contributed by atoms with Crippen molar-refractivity contribution in [3.05, 3.63) is 63.7 Å². The zero-order valence-corrected chi connectivity index (χ0v) is 16.5. The third-order valence-corrected chi connectivity index (χ3v) is 6.76. The number of methoxy groups -OCH3 is 1. The zero-order valence-electron chi connectivity index (χ0n) is 15.7. The molecule has 0 radical (unpaired) electrons. The summed E-state index contributed by atoms with van der Waals surface area (Å²) in [5.41, 5.74) is 4.43. The van der Waals surface area contributed by atoms with Crippen LogP contribution in [0.4, 0.5) is 0 Å². The molecular weight excluding hydrogens is 366 g/mol. The number of aliphatic hydroxyl groups is 1. The van der Waals surface area contributed by atoms with Crippen LogP contribution in [0.3, 0.4) is 0 Å². The summed E-state index contributed by atoms with van der Waals surface area (Å²) >= 11 is 0. The summed E-state index contributed by atoms with van der Waals surface area (Å²) in [6.07, 6.45) is 0.309. The van der Waals surface area contributed by atoms with Crippen LogP contribution in [0.15, 0.2) is 35.2 Å². The predicted octanol–water partition coefficient (Wildman–Crippen LogP) is 2.33. The fourth-order valence-electron chi connectivity index (χ4n) is 3.51. The van der Waals surface area contributed by atoms with Crippen LogP contribution in [0.25, 0.3) is 0 Å². The maximum Gasteiger partial charge on any atom is 0.338 e. The normalized spacial score (nSPS) is 14.2. The number of hydrogen-bond acceptors (Lipinski definition) is 5. The molecule has 1 heterocycles. The first-order valence-corrected chi connectivity index (χ1v) is 10.1. The second-order valence-electron chi connectivity index (χ2n) is 6.74. The minimum Gasteiger partial charge on any atom is -0.465 e. The quantitative estimate of drug-likeness (QED) is 0.794. The van der Waals surface area contributed by atoms with Crippen molar-refractivity contribution in [2.24, 2.45) is 0 Å². The van der Waals surface area contributed by atoms with Gasteiger partial charge in [-0.1, -0.05) is 23.8 Å². The molecule has 3 rings (SSSR count). The first-order valence-electron chi connectivity index (χ1n) is 8.69. The molecular formula is C20H23NO5S. The third kappa shape index (κ3) is 3.50. The molecule has 0 amide bonds. The fraction of sp³-hybridized carbons (Fsp3) is 0.350. The van der Waals surface area contributed by atoms with E-state index in [1.807, 2.05) is 19.9 Å². The van der Waals surface area contributed by atoms with E-state index < -0.39 is 16.0 Å². The van der Waals surface area contributed by atoms with Crippen molar-refractivity contribution in [3.8, 4) is 0 Å². The van der Waals surface area contributed by atoms with Crippen LogP contribution in [0.5, 0.6) is 0 Å². The number of rotatable bonds is 5. The topological polar surface area (TPSA) is 83.9 Å². The Morgan fingerprint density at radius 3 is 2.37 bits per heavy atom. The highest BCUT2D eigenvalue weighted by Gasteiger charge is 2.35. The number of aliphatic hydroxyl groups excluding tert-OH is 1. The van der Waals surface area contributed by atoms with Gasteiger partial charge in [0, 0.05) is 19.7 Å². The molecule has 1 aliphatic rings. The Labute approximate surface area is 159 Å². The number of nitrogens with zero attached hydrogens (tertiary/aromatic N) is 1. The molecule has 0 saturated carbocycles. The lowest BCUT2D eigenvalue weighted by atomic mass is 9.92. The van der Waals surface area contributed by atoms with E-state index in [4.69, 9.17) is 4.74 Å². The van der Waals surface area contributed by atoms with E-state index in [-0.39, 0.29) is 24.6 Å². The Balaban J connectivity index is 2.06. The smallest absolute Gasteiger partial charge is 0.338 e. The van der Waals surface area contributed by atoms with E-state index in [1.54, 1.807) is 24.3 Å². The van der Waals surface area contributed by atoms with Gasteiger partial charge in [0.15, 0.2) is 0 Å². The maximum atomic E-state index is 13.1. The standard InChI is InChI=1S/C20H23NO5S/c1-13-4-6-16(7-5-13)27(24,25)21-11-17-14(2)10-15(8-9-22)19(18(17)12-21)20(23)26-3/h4-7,10,22H,8-9,11-12H2,1-3H3. The molecule has 2 aromatic carbocycles. The molecule has 27 heavy (non-hydrogen) atoms. The summed E-state index contributed by atoms with van der Waals surface area (Å²) in [4.78, 5) is 12.6. The van der Waals surface area contributed by atoms with Crippen molar-refractivity contribution in [1.29, 1.82) is 0 Å². The van der Waals surface area contributed by atoms with Crippen LogP contribution in [-0.2, 0) is 34.3 Å². The van der Waals surface area contributed by atoms with Gasteiger partial charge in [-0.05, 0) is 54.7 Å². The second kappa shape index (κ2) is 7.42. The summed E-state index contributed by atoms with van der Waals surface area (Å²) < 4.78 is 32.4. The molecule has 0 spiro atoms. The predicted molar refractivity (Wildman–Crippen MR) is 101 cm³/mol. The van der Waals surface area contributed by atoms with E-state index >= 15 is 0 Å². The molecule has 7 heteroatoms. The van der Waals surface area contributed by atoms with Gasteiger partial charge in [0.05, 0.1) is 17.6 Å². The third-order valence-electron chi connectivity index (χ3n) is 4.95. The maximum absolute atomic E-state index is 13.1. The fourth-order valence-corrected chi connectivity index (χ4v) is 4.89. The van der Waals surface area contributed by atoms with Crippen molar-refractivity contribution in [3.63, 3.8) is 0 Å². The molecule has 6 nitrogen and oxygen atoms in total. The Kier molecular flexibility index (Phi) is 5.37. The monoisotopic (exact) mass is 389 g/mol. The van der Waals surface area contributed by atoms with Gasteiger partial charge < -0.3 is 9.84 Å². The van der Waals surface area contributed by atoms with Gasteiger partial charge in [-0.25, -0.2) is 13.2 Å². The minimum absolute atomic E-state index is 0.104. The van der Waals surface area contributed by atoms with Gasteiger partial charge >= 0.3 is 5.97 Å². The number of carbonyl (C=O) groups excluding carboxylic acids is 1. The molecule has 0 atom stereocenters. The lowest BCUT2D eigenvalue weighted by Crippen LogP contribution is -2.26. The van der Waals surface area contributed by atoms with E-state index in [9.17, 15) is 18.3 Å². The molecule has 144 valence electrons. The average molecular weight is 389 g/mol. The molecule has 0 aromatic heterocycles. The Morgan fingerprint density at radius 2 is 1.78 bits per heavy atom. The van der Waals surface area contributed by atoms with Crippen molar-refractivity contribution in [2.75, 3.05) is 13.7 Å². The molecule has 0 aliphatic carbocycles. The summed E-state index contributed by atoms with van der Waals surface area (Å²) in [5.74, 6) is -0.510. The van der Waals surface area contributed by atoms with Crippen LogP contribution in [-0.4, -0.2) is 37.5 Å². The molecule has 0 unspecified atom stereocenters. The van der Waals surface area contributed by atoms with Crippen LogP contribution in [0, 0.1) is 13.8 Å². The van der Waals surface area contributed by atoms with E-state index in [0.717, 1.165) is 16.7 Å². The number of sulfonamides is 1. The number of aryl methyl sites for hydroxylation is 2. The summed E-state index contributed by atoms with van der Waals surface area (Å²) in [5, 5.41) is 9.33. The van der Waals surface area contributed by atoms with Gasteiger partial charge in [0.2, 0.25) is 10.0 Å².